The molecule has 1 aromatic carbocycles. The van der Waals surface area contributed by atoms with Crippen LogP contribution in [-0.4, -0.2) is 19.5 Å². The average molecular weight is 204 g/mol. The second kappa shape index (κ2) is 4.92. The second-order valence-corrected chi connectivity index (χ2v) is 2.84. The van der Waals surface area contributed by atoms with Crippen LogP contribution in [0.25, 0.3) is 0 Å². The molecule has 0 aromatic heterocycles. The summed E-state index contributed by atoms with van der Waals surface area (Å²) in [4.78, 5) is 0. The van der Waals surface area contributed by atoms with Gasteiger partial charge in [0.05, 0.1) is 7.11 Å². The number of nitrogens with one attached hydrogen (secondary N) is 1. The molecule has 0 aliphatic rings. The molecule has 0 atom stereocenters. The Morgan fingerprint density at radius 1 is 1.54 bits per heavy atom. The number of rotatable bonds is 4. The largest absolute Gasteiger partial charge is 0.494 e. The topological polar surface area (TPSA) is 21.3 Å². The van der Waals surface area contributed by atoms with Crippen LogP contribution in [0.1, 0.15) is 0 Å². The lowest BCUT2D eigenvalue weighted by Gasteiger charge is -2.06. The highest BCUT2D eigenvalue weighted by atomic mass is 35.5. The maximum atomic E-state index is 13.1. The van der Waals surface area contributed by atoms with Crippen molar-refractivity contribution in [3.05, 3.63) is 24.0 Å². The van der Waals surface area contributed by atoms with Crippen molar-refractivity contribution in [1.29, 1.82) is 0 Å². The number of hydrogen-bond acceptors (Lipinski definition) is 2. The summed E-state index contributed by atoms with van der Waals surface area (Å²) < 4.78 is 17.9. The quantitative estimate of drug-likeness (QED) is 0.760. The molecule has 1 aromatic rings. The summed E-state index contributed by atoms with van der Waals surface area (Å²) >= 11 is 5.47. The first-order valence-electron chi connectivity index (χ1n) is 3.91. The smallest absolute Gasteiger partial charge is 0.167 e. The van der Waals surface area contributed by atoms with Crippen molar-refractivity contribution in [3.63, 3.8) is 0 Å². The summed E-state index contributed by atoms with van der Waals surface area (Å²) in [6.07, 6.45) is 0. The highest BCUT2D eigenvalue weighted by molar-refractivity contribution is 6.18. The van der Waals surface area contributed by atoms with E-state index >= 15 is 0 Å². The lowest BCUT2D eigenvalue weighted by atomic mass is 10.3. The van der Waals surface area contributed by atoms with E-state index in [1.54, 1.807) is 12.1 Å². The molecule has 72 valence electrons. The molecule has 0 unspecified atom stereocenters. The lowest BCUT2D eigenvalue weighted by molar-refractivity contribution is 0.386. The van der Waals surface area contributed by atoms with E-state index in [1.165, 1.54) is 13.2 Å². The second-order valence-electron chi connectivity index (χ2n) is 2.47. The van der Waals surface area contributed by atoms with E-state index in [0.29, 0.717) is 18.1 Å². The van der Waals surface area contributed by atoms with Crippen molar-refractivity contribution in [3.8, 4) is 5.75 Å². The zero-order valence-corrected chi connectivity index (χ0v) is 8.07. The van der Waals surface area contributed by atoms with E-state index in [0.717, 1.165) is 0 Å². The van der Waals surface area contributed by atoms with Crippen molar-refractivity contribution in [2.24, 2.45) is 0 Å². The van der Waals surface area contributed by atoms with Crippen LogP contribution < -0.4 is 10.1 Å². The normalized spacial score (nSPS) is 9.77. The monoisotopic (exact) mass is 203 g/mol. The molecule has 0 fully saturated rings. The van der Waals surface area contributed by atoms with Crippen molar-refractivity contribution < 1.29 is 9.13 Å². The first-order chi connectivity index (χ1) is 6.27. The predicted molar refractivity (Wildman–Crippen MR) is 52.2 cm³/mol. The van der Waals surface area contributed by atoms with Gasteiger partial charge in [0.2, 0.25) is 0 Å². The fourth-order valence-corrected chi connectivity index (χ4v) is 1.06. The molecule has 1 N–H and O–H groups in total. The molecule has 0 heterocycles. The molecule has 0 radical (unpaired) electrons. The highest BCUT2D eigenvalue weighted by Gasteiger charge is 2.01. The number of alkyl halides is 1. The maximum absolute atomic E-state index is 13.1. The number of halogens is 2. The number of ether oxygens (including phenoxy) is 1. The average Bonchev–Trinajstić information content (AvgIpc) is 2.15. The molecule has 0 saturated heterocycles. The molecule has 0 saturated carbocycles. The van der Waals surface area contributed by atoms with Gasteiger partial charge in [0, 0.05) is 24.2 Å². The third kappa shape index (κ3) is 2.77. The van der Waals surface area contributed by atoms with Crippen LogP contribution in [0.15, 0.2) is 18.2 Å². The van der Waals surface area contributed by atoms with Crippen LogP contribution >= 0.6 is 11.6 Å². The van der Waals surface area contributed by atoms with Crippen LogP contribution in [0, 0.1) is 5.82 Å². The Labute approximate surface area is 81.7 Å². The fourth-order valence-electron chi connectivity index (χ4n) is 0.968. The van der Waals surface area contributed by atoms with Crippen LogP contribution in [0.5, 0.6) is 5.75 Å². The molecular formula is C9H11ClFNO. The van der Waals surface area contributed by atoms with E-state index in [2.05, 4.69) is 5.32 Å². The summed E-state index contributed by atoms with van der Waals surface area (Å²) in [5.41, 5.74) is 0.707. The highest BCUT2D eigenvalue weighted by Crippen LogP contribution is 2.20. The minimum atomic E-state index is -0.373. The molecule has 0 spiro atoms. The zero-order chi connectivity index (χ0) is 9.68. The zero-order valence-electron chi connectivity index (χ0n) is 7.31. The van der Waals surface area contributed by atoms with Gasteiger partial charge in [-0.3, -0.25) is 0 Å². The van der Waals surface area contributed by atoms with Gasteiger partial charge in [-0.2, -0.15) is 0 Å². The third-order valence-corrected chi connectivity index (χ3v) is 1.76. The molecule has 0 amide bonds. The van der Waals surface area contributed by atoms with Gasteiger partial charge in [0.1, 0.15) is 0 Å². The Morgan fingerprint density at radius 3 is 2.85 bits per heavy atom. The van der Waals surface area contributed by atoms with Gasteiger partial charge in [-0.15, -0.1) is 11.6 Å². The fraction of sp³-hybridized carbons (Fsp3) is 0.333. The van der Waals surface area contributed by atoms with E-state index in [-0.39, 0.29) is 11.6 Å². The molecule has 2 nitrogen and oxygen atoms in total. The van der Waals surface area contributed by atoms with Crippen molar-refractivity contribution >= 4 is 17.3 Å². The summed E-state index contributed by atoms with van der Waals surface area (Å²) in [7, 11) is 1.43. The van der Waals surface area contributed by atoms with Crippen LogP contribution in [0.4, 0.5) is 10.1 Å². The van der Waals surface area contributed by atoms with Crippen molar-refractivity contribution in [2.45, 2.75) is 0 Å². The minimum absolute atomic E-state index is 0.247. The Kier molecular flexibility index (Phi) is 3.83. The van der Waals surface area contributed by atoms with E-state index < -0.39 is 0 Å². The van der Waals surface area contributed by atoms with Crippen LogP contribution in [-0.2, 0) is 0 Å². The molecular weight excluding hydrogens is 193 g/mol. The minimum Gasteiger partial charge on any atom is -0.494 e. The number of methoxy groups -OCH3 is 1. The van der Waals surface area contributed by atoms with Crippen LogP contribution in [0.3, 0.4) is 0 Å². The van der Waals surface area contributed by atoms with Gasteiger partial charge < -0.3 is 10.1 Å². The van der Waals surface area contributed by atoms with Crippen LogP contribution in [0.2, 0.25) is 0 Å². The molecule has 1 rings (SSSR count). The Bertz CT molecular complexity index is 280. The predicted octanol–water partition coefficient (Wildman–Crippen LogP) is 2.49. The Balaban J connectivity index is 2.71. The molecule has 4 heteroatoms. The van der Waals surface area contributed by atoms with Gasteiger partial charge in [-0.25, -0.2) is 4.39 Å². The maximum Gasteiger partial charge on any atom is 0.167 e. The van der Waals surface area contributed by atoms with Gasteiger partial charge >= 0.3 is 0 Å². The molecule has 13 heavy (non-hydrogen) atoms. The molecule has 0 bridgehead atoms. The van der Waals surface area contributed by atoms with E-state index in [1.807, 2.05) is 0 Å². The summed E-state index contributed by atoms with van der Waals surface area (Å²) in [5.74, 6) is 0.367. The van der Waals surface area contributed by atoms with E-state index in [4.69, 9.17) is 16.3 Å². The summed E-state index contributed by atoms with van der Waals surface area (Å²) in [5, 5.41) is 2.96. The number of benzene rings is 1. The van der Waals surface area contributed by atoms with E-state index in [9.17, 15) is 4.39 Å². The number of anilines is 1. The van der Waals surface area contributed by atoms with Crippen molar-refractivity contribution in [1.82, 2.24) is 0 Å². The Hall–Kier alpha value is -0.960. The molecule has 0 aliphatic carbocycles. The van der Waals surface area contributed by atoms with Gasteiger partial charge in [0.15, 0.2) is 11.6 Å². The van der Waals surface area contributed by atoms with Gasteiger partial charge in [-0.1, -0.05) is 0 Å². The summed E-state index contributed by atoms with van der Waals surface area (Å²) in [6.45, 7) is 0.618. The van der Waals surface area contributed by atoms with Gasteiger partial charge in [-0.05, 0) is 12.1 Å². The van der Waals surface area contributed by atoms with Gasteiger partial charge in [0.25, 0.3) is 0 Å². The standard InChI is InChI=1S/C9H11ClFNO/c1-13-9-3-2-7(6-8(9)11)12-5-4-10/h2-3,6,12H,4-5H2,1H3. The number of hydrogen-bond donors (Lipinski definition) is 1. The summed E-state index contributed by atoms with van der Waals surface area (Å²) in [6, 6.07) is 4.70. The van der Waals surface area contributed by atoms with Crippen molar-refractivity contribution in [2.75, 3.05) is 24.9 Å². The SMILES string of the molecule is COc1ccc(NCCCl)cc1F. The lowest BCUT2D eigenvalue weighted by Crippen LogP contribution is -2.02. The molecule has 0 aliphatic heterocycles. The first kappa shape index (κ1) is 10.1. The Morgan fingerprint density at radius 2 is 2.31 bits per heavy atom. The third-order valence-electron chi connectivity index (χ3n) is 1.58. The first-order valence-corrected chi connectivity index (χ1v) is 4.44.